The van der Waals surface area contributed by atoms with E-state index in [0.29, 0.717) is 6.42 Å². The summed E-state index contributed by atoms with van der Waals surface area (Å²) >= 11 is 0. The van der Waals surface area contributed by atoms with E-state index in [1.165, 1.54) is 6.08 Å². The summed E-state index contributed by atoms with van der Waals surface area (Å²) in [6.45, 7) is 1.98. The largest absolute Gasteiger partial charge is 0.480 e. The number of carbonyl (C=O) groups excluding carboxylic acids is 1. The lowest BCUT2D eigenvalue weighted by Gasteiger charge is -2.12. The molecule has 0 saturated heterocycles. The summed E-state index contributed by atoms with van der Waals surface area (Å²) in [7, 11) is 0. The Labute approximate surface area is 113 Å². The molecule has 0 heterocycles. The summed E-state index contributed by atoms with van der Waals surface area (Å²) in [6, 6.07) is 8.57. The minimum Gasteiger partial charge on any atom is -0.480 e. The second kappa shape index (κ2) is 8.08. The number of benzene rings is 1. The van der Waals surface area contributed by atoms with Crippen LogP contribution in [-0.4, -0.2) is 23.0 Å². The highest BCUT2D eigenvalue weighted by atomic mass is 16.4. The van der Waals surface area contributed by atoms with Gasteiger partial charge in [0, 0.05) is 6.08 Å². The molecular formula is C15H19NO3. The minimum absolute atomic E-state index is 0.382. The predicted molar refractivity (Wildman–Crippen MR) is 74.6 cm³/mol. The maximum atomic E-state index is 11.6. The molecule has 0 radical (unpaired) electrons. The number of carboxylic acid groups (broad SMARTS) is 1. The van der Waals surface area contributed by atoms with Crippen molar-refractivity contribution in [2.24, 2.45) is 0 Å². The maximum absolute atomic E-state index is 11.6. The van der Waals surface area contributed by atoms with Crippen molar-refractivity contribution >= 4 is 18.0 Å². The molecule has 1 aromatic carbocycles. The van der Waals surface area contributed by atoms with Crippen LogP contribution in [0.3, 0.4) is 0 Å². The Bertz CT molecular complexity index is 440. The maximum Gasteiger partial charge on any atom is 0.326 e. The molecule has 102 valence electrons. The van der Waals surface area contributed by atoms with E-state index in [4.69, 9.17) is 5.11 Å². The number of carbonyl (C=O) groups is 2. The van der Waals surface area contributed by atoms with Crippen molar-refractivity contribution in [3.63, 3.8) is 0 Å². The van der Waals surface area contributed by atoms with Gasteiger partial charge in [-0.1, -0.05) is 50.1 Å². The molecule has 4 nitrogen and oxygen atoms in total. The highest BCUT2D eigenvalue weighted by Gasteiger charge is 2.17. The first-order chi connectivity index (χ1) is 9.13. The van der Waals surface area contributed by atoms with E-state index < -0.39 is 12.0 Å². The van der Waals surface area contributed by atoms with Crippen LogP contribution in [0.15, 0.2) is 36.4 Å². The molecule has 0 aliphatic rings. The lowest BCUT2D eigenvalue weighted by molar-refractivity contribution is -0.141. The summed E-state index contributed by atoms with van der Waals surface area (Å²) in [5.74, 6) is -1.37. The number of aliphatic carboxylic acids is 1. The number of amides is 1. The lowest BCUT2D eigenvalue weighted by Crippen LogP contribution is -2.39. The summed E-state index contributed by atoms with van der Waals surface area (Å²) < 4.78 is 0. The summed E-state index contributed by atoms with van der Waals surface area (Å²) in [6.07, 6.45) is 5.15. The molecule has 0 aliphatic heterocycles. The van der Waals surface area contributed by atoms with Gasteiger partial charge in [0.2, 0.25) is 5.91 Å². The number of nitrogens with one attached hydrogen (secondary N) is 1. The number of rotatable bonds is 7. The third kappa shape index (κ3) is 5.86. The first-order valence-electron chi connectivity index (χ1n) is 6.40. The van der Waals surface area contributed by atoms with Gasteiger partial charge in [-0.05, 0) is 18.1 Å². The van der Waals surface area contributed by atoms with E-state index in [0.717, 1.165) is 18.4 Å². The van der Waals surface area contributed by atoms with Crippen LogP contribution in [0.2, 0.25) is 0 Å². The molecule has 0 aromatic heterocycles. The zero-order chi connectivity index (χ0) is 14.1. The van der Waals surface area contributed by atoms with Crippen molar-refractivity contribution in [1.29, 1.82) is 0 Å². The summed E-state index contributed by atoms with van der Waals surface area (Å²) in [4.78, 5) is 22.6. The van der Waals surface area contributed by atoms with Crippen LogP contribution in [0.5, 0.6) is 0 Å². The fourth-order valence-electron chi connectivity index (χ4n) is 1.62. The van der Waals surface area contributed by atoms with E-state index in [1.807, 2.05) is 37.3 Å². The normalized spacial score (nSPS) is 12.3. The van der Waals surface area contributed by atoms with Gasteiger partial charge in [-0.3, -0.25) is 4.79 Å². The van der Waals surface area contributed by atoms with Gasteiger partial charge in [0.05, 0.1) is 0 Å². The second-order valence-electron chi connectivity index (χ2n) is 4.29. The van der Waals surface area contributed by atoms with Gasteiger partial charge in [-0.2, -0.15) is 0 Å². The van der Waals surface area contributed by atoms with Gasteiger partial charge in [-0.15, -0.1) is 0 Å². The van der Waals surface area contributed by atoms with Crippen molar-refractivity contribution in [1.82, 2.24) is 5.32 Å². The number of carboxylic acids is 1. The molecule has 1 amide bonds. The Morgan fingerprint density at radius 3 is 2.58 bits per heavy atom. The highest BCUT2D eigenvalue weighted by molar-refractivity contribution is 5.94. The van der Waals surface area contributed by atoms with E-state index in [1.54, 1.807) is 6.08 Å². The average Bonchev–Trinajstić information content (AvgIpc) is 2.42. The number of hydrogen-bond acceptors (Lipinski definition) is 2. The molecule has 0 saturated carbocycles. The molecule has 0 fully saturated rings. The van der Waals surface area contributed by atoms with Crippen LogP contribution in [0.4, 0.5) is 0 Å². The van der Waals surface area contributed by atoms with Crippen LogP contribution in [-0.2, 0) is 9.59 Å². The number of hydrogen-bond donors (Lipinski definition) is 2. The molecule has 0 aliphatic carbocycles. The quantitative estimate of drug-likeness (QED) is 0.741. The summed E-state index contributed by atoms with van der Waals surface area (Å²) in [5.41, 5.74) is 0.901. The second-order valence-corrected chi connectivity index (χ2v) is 4.29. The Morgan fingerprint density at radius 1 is 1.32 bits per heavy atom. The van der Waals surface area contributed by atoms with Crippen molar-refractivity contribution in [2.75, 3.05) is 0 Å². The van der Waals surface area contributed by atoms with E-state index >= 15 is 0 Å². The first-order valence-corrected chi connectivity index (χ1v) is 6.40. The van der Waals surface area contributed by atoms with Crippen LogP contribution >= 0.6 is 0 Å². The SMILES string of the molecule is CCCC[C@H](NC(=O)/C=C/c1ccccc1)C(=O)O. The zero-order valence-corrected chi connectivity index (χ0v) is 11.0. The third-order valence-electron chi connectivity index (χ3n) is 2.69. The molecular weight excluding hydrogens is 242 g/mol. The van der Waals surface area contributed by atoms with Crippen LogP contribution < -0.4 is 5.32 Å². The molecule has 1 rings (SSSR count). The Hall–Kier alpha value is -2.10. The van der Waals surface area contributed by atoms with E-state index in [2.05, 4.69) is 5.32 Å². The molecule has 0 bridgehead atoms. The van der Waals surface area contributed by atoms with Gasteiger partial charge in [-0.25, -0.2) is 4.79 Å². The monoisotopic (exact) mass is 261 g/mol. The molecule has 4 heteroatoms. The molecule has 1 atom stereocenters. The predicted octanol–water partition coefficient (Wildman–Crippen LogP) is 2.46. The smallest absolute Gasteiger partial charge is 0.326 e. The van der Waals surface area contributed by atoms with Crippen LogP contribution in [0.1, 0.15) is 31.7 Å². The molecule has 0 unspecified atom stereocenters. The molecule has 1 aromatic rings. The Morgan fingerprint density at radius 2 is 2.00 bits per heavy atom. The van der Waals surface area contributed by atoms with Gasteiger partial charge in [0.15, 0.2) is 0 Å². The van der Waals surface area contributed by atoms with Gasteiger partial charge >= 0.3 is 5.97 Å². The van der Waals surface area contributed by atoms with Gasteiger partial charge < -0.3 is 10.4 Å². The Kier molecular flexibility index (Phi) is 6.36. The third-order valence-corrected chi connectivity index (χ3v) is 2.69. The zero-order valence-electron chi connectivity index (χ0n) is 11.0. The fraction of sp³-hybridized carbons (Fsp3) is 0.333. The molecule has 0 spiro atoms. The average molecular weight is 261 g/mol. The van der Waals surface area contributed by atoms with Crippen molar-refractivity contribution in [2.45, 2.75) is 32.2 Å². The van der Waals surface area contributed by atoms with E-state index in [-0.39, 0.29) is 5.91 Å². The fourth-order valence-corrected chi connectivity index (χ4v) is 1.62. The van der Waals surface area contributed by atoms with Crippen LogP contribution in [0.25, 0.3) is 6.08 Å². The lowest BCUT2D eigenvalue weighted by atomic mass is 10.1. The summed E-state index contributed by atoms with van der Waals surface area (Å²) in [5, 5.41) is 11.5. The first kappa shape index (κ1) is 15.0. The van der Waals surface area contributed by atoms with Crippen molar-refractivity contribution in [3.8, 4) is 0 Å². The van der Waals surface area contributed by atoms with E-state index in [9.17, 15) is 9.59 Å². The minimum atomic E-state index is -0.991. The highest BCUT2D eigenvalue weighted by Crippen LogP contribution is 2.03. The van der Waals surface area contributed by atoms with Crippen LogP contribution in [0, 0.1) is 0 Å². The van der Waals surface area contributed by atoms with Crippen molar-refractivity contribution < 1.29 is 14.7 Å². The van der Waals surface area contributed by atoms with Gasteiger partial charge in [0.25, 0.3) is 0 Å². The number of unbranched alkanes of at least 4 members (excludes halogenated alkanes) is 1. The topological polar surface area (TPSA) is 66.4 Å². The molecule has 2 N–H and O–H groups in total. The Balaban J connectivity index is 2.53. The standard InChI is InChI=1S/C15H19NO3/c1-2-3-9-13(15(18)19)16-14(17)11-10-12-7-5-4-6-8-12/h4-8,10-11,13H,2-3,9H2,1H3,(H,16,17)(H,18,19)/b11-10+/t13-/m0/s1. The van der Waals surface area contributed by atoms with Crippen molar-refractivity contribution in [3.05, 3.63) is 42.0 Å². The molecule has 19 heavy (non-hydrogen) atoms. The van der Waals surface area contributed by atoms with Gasteiger partial charge in [0.1, 0.15) is 6.04 Å².